The molecule has 0 spiro atoms. The van der Waals surface area contributed by atoms with Crippen LogP contribution in [0.15, 0.2) is 60.7 Å². The van der Waals surface area contributed by atoms with E-state index in [0.29, 0.717) is 11.1 Å². The van der Waals surface area contributed by atoms with Crippen LogP contribution in [0.5, 0.6) is 5.75 Å². The van der Waals surface area contributed by atoms with E-state index in [0.717, 1.165) is 0 Å². The van der Waals surface area contributed by atoms with Gasteiger partial charge < -0.3 is 9.42 Å². The van der Waals surface area contributed by atoms with Gasteiger partial charge in [0, 0.05) is 0 Å². The van der Waals surface area contributed by atoms with Gasteiger partial charge in [-0.3, -0.25) is 0 Å². The van der Waals surface area contributed by atoms with Gasteiger partial charge in [-0.2, -0.15) is 0 Å². The highest BCUT2D eigenvalue weighted by atomic mass is 31.2. The van der Waals surface area contributed by atoms with Crippen molar-refractivity contribution in [2.45, 2.75) is 0 Å². The molecular weight excluding hydrogens is 251 g/mol. The molecule has 2 aromatic rings. The van der Waals surface area contributed by atoms with E-state index in [9.17, 15) is 9.46 Å². The van der Waals surface area contributed by atoms with Crippen LogP contribution in [0.1, 0.15) is 0 Å². The van der Waals surface area contributed by atoms with Crippen LogP contribution in [-0.4, -0.2) is 15.9 Å². The minimum Gasteiger partial charge on any atom is -0.421 e. The van der Waals surface area contributed by atoms with Gasteiger partial charge in [-0.15, -0.1) is 0 Å². The minimum atomic E-state index is -3.77. The third kappa shape index (κ3) is 3.56. The lowest BCUT2D eigenvalue weighted by Gasteiger charge is -2.12. The molecule has 0 fully saturated rings. The SMILES string of the molecule is O=P(O)(Oc1ccccc1)c1ccccc1.[SiH4]. The number of hydrogen-bond acceptors (Lipinski definition) is 2. The van der Waals surface area contributed by atoms with Gasteiger partial charge in [0.15, 0.2) is 0 Å². The Bertz CT molecular complexity index is 502. The molecule has 90 valence electrons. The molecule has 2 aromatic carbocycles. The normalized spacial score (nSPS) is 13.2. The molecule has 0 radical (unpaired) electrons. The van der Waals surface area contributed by atoms with Gasteiger partial charge >= 0.3 is 7.60 Å². The zero-order chi connectivity index (χ0) is 11.4. The molecule has 0 aliphatic rings. The van der Waals surface area contributed by atoms with Gasteiger partial charge in [-0.1, -0.05) is 36.4 Å². The molecule has 0 saturated carbocycles. The molecule has 0 saturated heterocycles. The molecule has 0 aliphatic carbocycles. The first-order chi connectivity index (χ1) is 7.68. The molecule has 1 unspecified atom stereocenters. The highest BCUT2D eigenvalue weighted by molar-refractivity contribution is 7.61. The molecule has 1 atom stereocenters. The maximum atomic E-state index is 11.9. The van der Waals surface area contributed by atoms with Crippen LogP contribution in [0.25, 0.3) is 0 Å². The van der Waals surface area contributed by atoms with Crippen molar-refractivity contribution in [2.75, 3.05) is 0 Å². The smallest absolute Gasteiger partial charge is 0.408 e. The van der Waals surface area contributed by atoms with Crippen molar-refractivity contribution in [1.29, 1.82) is 0 Å². The van der Waals surface area contributed by atoms with Crippen LogP contribution in [-0.2, 0) is 4.57 Å². The molecule has 17 heavy (non-hydrogen) atoms. The van der Waals surface area contributed by atoms with Crippen molar-refractivity contribution < 1.29 is 14.0 Å². The van der Waals surface area contributed by atoms with Crippen LogP contribution < -0.4 is 9.83 Å². The second-order valence-electron chi connectivity index (χ2n) is 3.26. The maximum Gasteiger partial charge on any atom is 0.408 e. The number of para-hydroxylation sites is 1. The first kappa shape index (κ1) is 13.7. The first-order valence-electron chi connectivity index (χ1n) is 4.81. The zero-order valence-corrected chi connectivity index (χ0v) is 9.38. The molecule has 0 heterocycles. The Morgan fingerprint density at radius 2 is 1.35 bits per heavy atom. The van der Waals surface area contributed by atoms with E-state index in [1.807, 2.05) is 6.07 Å². The second-order valence-corrected chi connectivity index (χ2v) is 5.00. The number of hydrogen-bond donors (Lipinski definition) is 1. The Morgan fingerprint density at radius 1 is 0.882 bits per heavy atom. The minimum absolute atomic E-state index is 0. The van der Waals surface area contributed by atoms with Crippen molar-refractivity contribution in [3.05, 3.63) is 60.7 Å². The van der Waals surface area contributed by atoms with Crippen LogP contribution in [0.3, 0.4) is 0 Å². The Balaban J connectivity index is 0.00000144. The lowest BCUT2D eigenvalue weighted by atomic mass is 10.3. The maximum absolute atomic E-state index is 11.9. The van der Waals surface area contributed by atoms with Gasteiger partial charge in [0.1, 0.15) is 5.75 Å². The molecule has 5 heteroatoms. The zero-order valence-electron chi connectivity index (χ0n) is 8.48. The second kappa shape index (κ2) is 5.82. The predicted molar refractivity (Wildman–Crippen MR) is 74.3 cm³/mol. The Hall–Kier alpha value is -1.35. The molecule has 2 rings (SSSR count). The monoisotopic (exact) mass is 266 g/mol. The molecule has 3 nitrogen and oxygen atoms in total. The van der Waals surface area contributed by atoms with Crippen molar-refractivity contribution in [1.82, 2.24) is 0 Å². The van der Waals surface area contributed by atoms with Gasteiger partial charge in [0.2, 0.25) is 0 Å². The fourth-order valence-electron chi connectivity index (χ4n) is 1.29. The van der Waals surface area contributed by atoms with Crippen molar-refractivity contribution in [2.24, 2.45) is 0 Å². The summed E-state index contributed by atoms with van der Waals surface area (Å²) in [6.07, 6.45) is 0. The van der Waals surface area contributed by atoms with Gasteiger partial charge in [-0.25, -0.2) is 4.57 Å². The molecule has 1 N–H and O–H groups in total. The molecular formula is C12H15O3PSi. The third-order valence-corrected chi connectivity index (χ3v) is 3.46. The third-order valence-electron chi connectivity index (χ3n) is 2.05. The summed E-state index contributed by atoms with van der Waals surface area (Å²) in [5.41, 5.74) is 0. The van der Waals surface area contributed by atoms with E-state index in [-0.39, 0.29) is 11.0 Å². The molecule has 0 aromatic heterocycles. The fourth-order valence-corrected chi connectivity index (χ4v) is 2.36. The molecule has 0 amide bonds. The van der Waals surface area contributed by atoms with Gasteiger partial charge in [0.05, 0.1) is 5.30 Å². The van der Waals surface area contributed by atoms with Crippen molar-refractivity contribution >= 4 is 23.9 Å². The summed E-state index contributed by atoms with van der Waals surface area (Å²) in [4.78, 5) is 9.77. The topological polar surface area (TPSA) is 46.5 Å². The van der Waals surface area contributed by atoms with E-state index in [4.69, 9.17) is 4.52 Å². The highest BCUT2D eigenvalue weighted by Gasteiger charge is 2.23. The van der Waals surface area contributed by atoms with Crippen LogP contribution in [0, 0.1) is 0 Å². The van der Waals surface area contributed by atoms with E-state index >= 15 is 0 Å². The summed E-state index contributed by atoms with van der Waals surface area (Å²) in [6.45, 7) is 0. The first-order valence-corrected chi connectivity index (χ1v) is 6.39. The summed E-state index contributed by atoms with van der Waals surface area (Å²) in [5, 5.41) is 0.291. The largest absolute Gasteiger partial charge is 0.421 e. The van der Waals surface area contributed by atoms with E-state index in [1.165, 1.54) is 0 Å². The fraction of sp³-hybridized carbons (Fsp3) is 0. The van der Waals surface area contributed by atoms with Crippen molar-refractivity contribution in [3.8, 4) is 5.75 Å². The van der Waals surface area contributed by atoms with E-state index < -0.39 is 7.60 Å². The van der Waals surface area contributed by atoms with Crippen LogP contribution in [0.2, 0.25) is 0 Å². The predicted octanol–water partition coefficient (Wildman–Crippen LogP) is 1.12. The number of benzene rings is 2. The quantitative estimate of drug-likeness (QED) is 0.669. The summed E-state index contributed by atoms with van der Waals surface area (Å²) in [6, 6.07) is 16.9. The Kier molecular flexibility index (Phi) is 4.69. The van der Waals surface area contributed by atoms with Crippen LogP contribution >= 0.6 is 7.60 Å². The lowest BCUT2D eigenvalue weighted by Crippen LogP contribution is -2.08. The van der Waals surface area contributed by atoms with E-state index in [2.05, 4.69) is 0 Å². The Morgan fingerprint density at radius 3 is 1.88 bits per heavy atom. The van der Waals surface area contributed by atoms with Gasteiger partial charge in [-0.05, 0) is 35.2 Å². The average Bonchev–Trinajstić information content (AvgIpc) is 2.31. The van der Waals surface area contributed by atoms with Crippen LogP contribution in [0.4, 0.5) is 0 Å². The Labute approximate surface area is 105 Å². The summed E-state index contributed by atoms with van der Waals surface area (Å²) in [7, 11) is -3.77. The average molecular weight is 266 g/mol. The number of rotatable bonds is 3. The highest BCUT2D eigenvalue weighted by Crippen LogP contribution is 2.41. The summed E-state index contributed by atoms with van der Waals surface area (Å²) in [5.74, 6) is 0.386. The summed E-state index contributed by atoms with van der Waals surface area (Å²) < 4.78 is 17.0. The summed E-state index contributed by atoms with van der Waals surface area (Å²) >= 11 is 0. The molecule has 0 aliphatic heterocycles. The van der Waals surface area contributed by atoms with Crippen molar-refractivity contribution in [3.63, 3.8) is 0 Å². The lowest BCUT2D eigenvalue weighted by molar-refractivity contribution is 0.393. The van der Waals surface area contributed by atoms with E-state index in [1.54, 1.807) is 54.6 Å². The standard InChI is InChI=1S/C12H11O3P.H4Si/c13-16(14,12-9-5-2-6-10-12)15-11-7-3-1-4-8-11;/h1-10H,(H,13,14);1H4. The van der Waals surface area contributed by atoms with Gasteiger partial charge in [0.25, 0.3) is 0 Å². The molecule has 0 bridgehead atoms.